The van der Waals surface area contributed by atoms with Crippen LogP contribution >= 0.6 is 0 Å². The normalized spacial score (nSPS) is 10.9. The molecule has 0 aliphatic rings. The molecule has 0 amide bonds. The molecule has 1 aromatic carbocycles. The van der Waals surface area contributed by atoms with Crippen molar-refractivity contribution in [2.75, 3.05) is 7.11 Å². The first-order chi connectivity index (χ1) is 7.10. The lowest BCUT2D eigenvalue weighted by Gasteiger charge is -2.18. The van der Waals surface area contributed by atoms with Gasteiger partial charge in [-0.2, -0.15) is 4.99 Å². The lowest BCUT2D eigenvalue weighted by Crippen LogP contribution is -2.13. The van der Waals surface area contributed by atoms with E-state index in [1.165, 1.54) is 0 Å². The Bertz CT molecular complexity index is 379. The van der Waals surface area contributed by atoms with Gasteiger partial charge < -0.3 is 4.74 Å². The molecule has 0 atom stereocenters. The molecule has 3 heteroatoms. The summed E-state index contributed by atoms with van der Waals surface area (Å²) in [7, 11) is 1.65. The van der Waals surface area contributed by atoms with Gasteiger partial charge in [-0.25, -0.2) is 4.79 Å². The number of nitrogens with zero attached hydrogens (tertiary/aromatic N) is 1. The van der Waals surface area contributed by atoms with Gasteiger partial charge in [-0.15, -0.1) is 0 Å². The highest BCUT2D eigenvalue weighted by molar-refractivity contribution is 5.38. The van der Waals surface area contributed by atoms with E-state index in [0.29, 0.717) is 6.61 Å². The van der Waals surface area contributed by atoms with E-state index in [9.17, 15) is 4.79 Å². The van der Waals surface area contributed by atoms with Gasteiger partial charge in [0.05, 0.1) is 12.1 Å². The van der Waals surface area contributed by atoms with Crippen molar-refractivity contribution >= 4 is 6.08 Å². The maximum absolute atomic E-state index is 10.3. The third-order valence-corrected chi connectivity index (χ3v) is 2.27. The van der Waals surface area contributed by atoms with Crippen LogP contribution < -0.4 is 0 Å². The Kier molecular flexibility index (Phi) is 3.78. The number of hydrogen-bond acceptors (Lipinski definition) is 3. The Labute approximate surface area is 89.8 Å². The standard InChI is InChI=1S/C12H15NO2/c1-12(2,13-9-14)11-6-4-5-10(7-11)8-15-3/h4-7H,8H2,1-3H3. The van der Waals surface area contributed by atoms with Gasteiger partial charge in [-0.05, 0) is 25.0 Å². The second kappa shape index (κ2) is 4.87. The number of methoxy groups -OCH3 is 1. The highest BCUT2D eigenvalue weighted by atomic mass is 16.5. The van der Waals surface area contributed by atoms with E-state index in [1.54, 1.807) is 13.2 Å². The molecule has 0 spiro atoms. The van der Waals surface area contributed by atoms with Crippen molar-refractivity contribution in [3.63, 3.8) is 0 Å². The number of aliphatic imine (C=N–C) groups is 1. The minimum absolute atomic E-state index is 0.522. The topological polar surface area (TPSA) is 38.7 Å². The number of rotatable bonds is 4. The molecule has 0 saturated heterocycles. The van der Waals surface area contributed by atoms with Crippen LogP contribution in [-0.4, -0.2) is 13.2 Å². The molecular formula is C12H15NO2. The fourth-order valence-electron chi connectivity index (χ4n) is 1.39. The molecule has 0 aliphatic carbocycles. The molecule has 0 heterocycles. The van der Waals surface area contributed by atoms with Crippen LogP contribution in [0.4, 0.5) is 0 Å². The molecule has 1 aromatic rings. The van der Waals surface area contributed by atoms with Gasteiger partial charge >= 0.3 is 0 Å². The van der Waals surface area contributed by atoms with E-state index in [0.717, 1.165) is 11.1 Å². The molecule has 0 bridgehead atoms. The van der Waals surface area contributed by atoms with Crippen molar-refractivity contribution in [2.45, 2.75) is 26.0 Å². The average Bonchev–Trinajstić information content (AvgIpc) is 2.19. The summed E-state index contributed by atoms with van der Waals surface area (Å²) in [6.45, 7) is 4.32. The van der Waals surface area contributed by atoms with Crippen LogP contribution in [0.2, 0.25) is 0 Å². The molecule has 0 saturated carbocycles. The van der Waals surface area contributed by atoms with E-state index in [-0.39, 0.29) is 0 Å². The van der Waals surface area contributed by atoms with Gasteiger partial charge in [-0.1, -0.05) is 24.3 Å². The van der Waals surface area contributed by atoms with Gasteiger partial charge in [0.1, 0.15) is 0 Å². The number of isocyanates is 1. The summed E-state index contributed by atoms with van der Waals surface area (Å²) in [5.74, 6) is 0. The fraction of sp³-hybridized carbons (Fsp3) is 0.417. The fourth-order valence-corrected chi connectivity index (χ4v) is 1.39. The molecule has 1 rings (SSSR count). The lowest BCUT2D eigenvalue weighted by atomic mass is 9.94. The highest BCUT2D eigenvalue weighted by Gasteiger charge is 2.19. The summed E-state index contributed by atoms with van der Waals surface area (Å²) < 4.78 is 5.05. The summed E-state index contributed by atoms with van der Waals surface area (Å²) in [5, 5.41) is 0. The van der Waals surface area contributed by atoms with Crippen LogP contribution in [0, 0.1) is 0 Å². The van der Waals surface area contributed by atoms with E-state index in [4.69, 9.17) is 4.74 Å². The smallest absolute Gasteiger partial charge is 0.235 e. The molecule has 3 nitrogen and oxygen atoms in total. The van der Waals surface area contributed by atoms with E-state index >= 15 is 0 Å². The predicted octanol–water partition coefficient (Wildman–Crippen LogP) is 2.40. The Morgan fingerprint density at radius 3 is 2.80 bits per heavy atom. The molecule has 0 aliphatic heterocycles. The van der Waals surface area contributed by atoms with Crippen LogP contribution in [0.1, 0.15) is 25.0 Å². The largest absolute Gasteiger partial charge is 0.380 e. The Morgan fingerprint density at radius 1 is 1.47 bits per heavy atom. The third-order valence-electron chi connectivity index (χ3n) is 2.27. The minimum atomic E-state index is -0.522. The van der Waals surface area contributed by atoms with Crippen molar-refractivity contribution in [2.24, 2.45) is 4.99 Å². The second-order valence-corrected chi connectivity index (χ2v) is 3.90. The van der Waals surface area contributed by atoms with Gasteiger partial charge in [0.25, 0.3) is 0 Å². The van der Waals surface area contributed by atoms with Crippen LogP contribution in [-0.2, 0) is 21.7 Å². The Balaban J connectivity index is 3.04. The summed E-state index contributed by atoms with van der Waals surface area (Å²) >= 11 is 0. The summed E-state index contributed by atoms with van der Waals surface area (Å²) in [5.41, 5.74) is 1.54. The maximum Gasteiger partial charge on any atom is 0.235 e. The van der Waals surface area contributed by atoms with Crippen molar-refractivity contribution in [3.8, 4) is 0 Å². The summed E-state index contributed by atoms with van der Waals surface area (Å²) in [6, 6.07) is 7.85. The lowest BCUT2D eigenvalue weighted by molar-refractivity contribution is 0.184. The molecule has 0 N–H and O–H groups in total. The SMILES string of the molecule is COCc1cccc(C(C)(C)N=C=O)c1. The number of ether oxygens (including phenoxy) is 1. The van der Waals surface area contributed by atoms with E-state index in [2.05, 4.69) is 4.99 Å². The predicted molar refractivity (Wildman–Crippen MR) is 58.3 cm³/mol. The summed E-state index contributed by atoms with van der Waals surface area (Å²) in [6.07, 6.45) is 1.60. The Hall–Kier alpha value is -1.44. The second-order valence-electron chi connectivity index (χ2n) is 3.90. The molecular weight excluding hydrogens is 190 g/mol. The molecule has 80 valence electrons. The van der Waals surface area contributed by atoms with Gasteiger partial charge in [-0.3, -0.25) is 0 Å². The Morgan fingerprint density at radius 2 is 2.20 bits per heavy atom. The van der Waals surface area contributed by atoms with Crippen LogP contribution in [0.15, 0.2) is 29.3 Å². The molecule has 15 heavy (non-hydrogen) atoms. The maximum atomic E-state index is 10.3. The minimum Gasteiger partial charge on any atom is -0.380 e. The number of carbonyl (C=O) groups excluding carboxylic acids is 1. The van der Waals surface area contributed by atoms with Crippen molar-refractivity contribution in [1.29, 1.82) is 0 Å². The van der Waals surface area contributed by atoms with Crippen molar-refractivity contribution < 1.29 is 9.53 Å². The molecule has 0 unspecified atom stereocenters. The summed E-state index contributed by atoms with van der Waals surface area (Å²) in [4.78, 5) is 14.1. The van der Waals surface area contributed by atoms with Crippen molar-refractivity contribution in [1.82, 2.24) is 0 Å². The molecule has 0 aromatic heterocycles. The van der Waals surface area contributed by atoms with Crippen molar-refractivity contribution in [3.05, 3.63) is 35.4 Å². The zero-order valence-corrected chi connectivity index (χ0v) is 9.28. The number of hydrogen-bond donors (Lipinski definition) is 0. The monoisotopic (exact) mass is 205 g/mol. The van der Waals surface area contributed by atoms with Crippen LogP contribution in [0.3, 0.4) is 0 Å². The highest BCUT2D eigenvalue weighted by Crippen LogP contribution is 2.24. The van der Waals surface area contributed by atoms with Crippen LogP contribution in [0.25, 0.3) is 0 Å². The molecule has 0 radical (unpaired) electrons. The first kappa shape index (κ1) is 11.6. The van der Waals surface area contributed by atoms with E-state index < -0.39 is 5.54 Å². The van der Waals surface area contributed by atoms with Gasteiger partial charge in [0.2, 0.25) is 6.08 Å². The third kappa shape index (κ3) is 3.01. The van der Waals surface area contributed by atoms with Gasteiger partial charge in [0.15, 0.2) is 0 Å². The quantitative estimate of drug-likeness (QED) is 0.559. The van der Waals surface area contributed by atoms with Gasteiger partial charge in [0, 0.05) is 7.11 Å². The van der Waals surface area contributed by atoms with E-state index in [1.807, 2.05) is 38.1 Å². The zero-order chi connectivity index (χ0) is 11.3. The zero-order valence-electron chi connectivity index (χ0n) is 9.28. The number of benzene rings is 1. The molecule has 0 fully saturated rings. The van der Waals surface area contributed by atoms with Crippen LogP contribution in [0.5, 0.6) is 0 Å². The first-order valence-electron chi connectivity index (χ1n) is 4.77. The average molecular weight is 205 g/mol. The first-order valence-corrected chi connectivity index (χ1v) is 4.77.